The monoisotopic (exact) mass is 296 g/mol. The van der Waals surface area contributed by atoms with Crippen LogP contribution < -0.4 is 0 Å². The Labute approximate surface area is 125 Å². The molecule has 3 rings (SSSR count). The van der Waals surface area contributed by atoms with Crippen molar-refractivity contribution in [2.24, 2.45) is 11.8 Å². The van der Waals surface area contributed by atoms with Gasteiger partial charge in [0.1, 0.15) is 12.2 Å². The first-order valence-corrected chi connectivity index (χ1v) is 7.73. The highest BCUT2D eigenvalue weighted by Crippen LogP contribution is 2.35. The van der Waals surface area contributed by atoms with Gasteiger partial charge < -0.3 is 19.3 Å². The van der Waals surface area contributed by atoms with E-state index in [2.05, 4.69) is 6.92 Å². The van der Waals surface area contributed by atoms with Crippen LogP contribution in [0.5, 0.6) is 0 Å². The number of amides is 2. The highest BCUT2D eigenvalue weighted by molar-refractivity contribution is 5.80. The summed E-state index contributed by atoms with van der Waals surface area (Å²) in [4.78, 5) is 27.7. The van der Waals surface area contributed by atoms with Crippen molar-refractivity contribution in [3.05, 3.63) is 0 Å². The summed E-state index contributed by atoms with van der Waals surface area (Å²) in [7, 11) is 1.78. The maximum atomic E-state index is 12.6. The van der Waals surface area contributed by atoms with Gasteiger partial charge in [0.15, 0.2) is 0 Å². The predicted molar refractivity (Wildman–Crippen MR) is 75.6 cm³/mol. The smallest absolute Gasteiger partial charge is 0.248 e. The number of ether oxygens (including phenoxy) is 2. The molecule has 2 heterocycles. The van der Waals surface area contributed by atoms with Gasteiger partial charge in [0.25, 0.3) is 0 Å². The van der Waals surface area contributed by atoms with Gasteiger partial charge in [-0.15, -0.1) is 0 Å². The highest BCUT2D eigenvalue weighted by atomic mass is 16.6. The van der Waals surface area contributed by atoms with Crippen molar-refractivity contribution in [1.82, 2.24) is 9.80 Å². The van der Waals surface area contributed by atoms with E-state index in [1.54, 1.807) is 11.9 Å². The Balaban J connectivity index is 1.68. The van der Waals surface area contributed by atoms with Gasteiger partial charge in [-0.1, -0.05) is 6.92 Å². The second-order valence-electron chi connectivity index (χ2n) is 6.81. The number of hydrogen-bond acceptors (Lipinski definition) is 4. The lowest BCUT2D eigenvalue weighted by molar-refractivity contribution is -0.172. The van der Waals surface area contributed by atoms with Crippen molar-refractivity contribution in [3.8, 4) is 0 Å². The minimum atomic E-state index is -0.565. The second kappa shape index (κ2) is 5.57. The minimum absolute atomic E-state index is 0.0180. The maximum Gasteiger partial charge on any atom is 0.248 e. The van der Waals surface area contributed by atoms with E-state index in [0.29, 0.717) is 38.8 Å². The molecule has 118 valence electrons. The molecule has 1 saturated carbocycles. The van der Waals surface area contributed by atoms with Gasteiger partial charge in [0, 0.05) is 19.5 Å². The van der Waals surface area contributed by atoms with Crippen LogP contribution >= 0.6 is 0 Å². The van der Waals surface area contributed by atoms with Crippen LogP contribution in [0.1, 0.15) is 19.8 Å². The van der Waals surface area contributed by atoms with E-state index in [0.717, 1.165) is 12.8 Å². The number of likely N-dealkylation sites (N-methyl/N-ethyl adjacent to an activating group) is 1. The molecule has 3 aliphatic rings. The Hall–Kier alpha value is -1.14. The fourth-order valence-corrected chi connectivity index (χ4v) is 3.53. The molecule has 1 aliphatic carbocycles. The van der Waals surface area contributed by atoms with Crippen molar-refractivity contribution in [3.63, 3.8) is 0 Å². The van der Waals surface area contributed by atoms with Crippen LogP contribution in [0.3, 0.4) is 0 Å². The summed E-state index contributed by atoms with van der Waals surface area (Å²) < 4.78 is 11.4. The molecule has 0 aromatic carbocycles. The predicted octanol–water partition coefficient (Wildman–Crippen LogP) is 0.119. The molecule has 2 amide bonds. The summed E-state index contributed by atoms with van der Waals surface area (Å²) >= 11 is 0. The Morgan fingerprint density at radius 2 is 2.10 bits per heavy atom. The van der Waals surface area contributed by atoms with Crippen molar-refractivity contribution in [1.29, 1.82) is 0 Å². The molecule has 0 aromatic heterocycles. The summed E-state index contributed by atoms with van der Waals surface area (Å²) in [5.41, 5.74) is -0.565. The van der Waals surface area contributed by atoms with Crippen LogP contribution in [0.25, 0.3) is 0 Å². The lowest BCUT2D eigenvalue weighted by atomic mass is 9.75. The topological polar surface area (TPSA) is 59.1 Å². The Morgan fingerprint density at radius 1 is 1.33 bits per heavy atom. The number of carbonyl (C=O) groups excluding carboxylic acids is 2. The lowest BCUT2D eigenvalue weighted by Gasteiger charge is -2.43. The SMILES string of the molecule is CC1CC(C(=O)N2CCOCC3(CN(C)C(=O)CO3)C2)C1. The zero-order valence-electron chi connectivity index (χ0n) is 12.8. The van der Waals surface area contributed by atoms with Gasteiger partial charge in [-0.3, -0.25) is 9.59 Å². The molecule has 6 heteroatoms. The van der Waals surface area contributed by atoms with E-state index in [1.807, 2.05) is 4.90 Å². The fraction of sp³-hybridized carbons (Fsp3) is 0.867. The molecule has 0 bridgehead atoms. The summed E-state index contributed by atoms with van der Waals surface area (Å²) in [6.45, 7) is 4.85. The van der Waals surface area contributed by atoms with Crippen molar-refractivity contribution < 1.29 is 19.1 Å². The van der Waals surface area contributed by atoms with E-state index < -0.39 is 5.60 Å². The molecule has 1 atom stereocenters. The summed E-state index contributed by atoms with van der Waals surface area (Å²) in [6, 6.07) is 0. The third-order valence-corrected chi connectivity index (χ3v) is 4.84. The standard InChI is InChI=1S/C15H24N2O4/c1-11-5-12(6-11)14(19)17-3-4-20-10-15(9-17)8-16(2)13(18)7-21-15/h11-12H,3-10H2,1-2H3. The summed E-state index contributed by atoms with van der Waals surface area (Å²) in [5.74, 6) is 1.03. The average Bonchev–Trinajstić information content (AvgIpc) is 2.62. The molecule has 3 fully saturated rings. The first kappa shape index (κ1) is 14.8. The molecule has 1 unspecified atom stereocenters. The van der Waals surface area contributed by atoms with Gasteiger partial charge >= 0.3 is 0 Å². The molecule has 21 heavy (non-hydrogen) atoms. The Kier molecular flexibility index (Phi) is 3.92. The summed E-state index contributed by atoms with van der Waals surface area (Å²) in [5, 5.41) is 0. The molecule has 2 saturated heterocycles. The van der Waals surface area contributed by atoms with Gasteiger partial charge in [-0.2, -0.15) is 0 Å². The zero-order valence-corrected chi connectivity index (χ0v) is 12.8. The third kappa shape index (κ3) is 2.92. The van der Waals surface area contributed by atoms with Crippen LogP contribution in [0.15, 0.2) is 0 Å². The largest absolute Gasteiger partial charge is 0.376 e. The molecular formula is C15H24N2O4. The van der Waals surface area contributed by atoms with Crippen molar-refractivity contribution in [2.75, 3.05) is 46.5 Å². The molecule has 0 aromatic rings. The van der Waals surface area contributed by atoms with E-state index in [9.17, 15) is 9.59 Å². The van der Waals surface area contributed by atoms with Crippen molar-refractivity contribution in [2.45, 2.75) is 25.4 Å². The maximum absolute atomic E-state index is 12.6. The zero-order chi connectivity index (χ0) is 15.0. The first-order chi connectivity index (χ1) is 9.99. The number of nitrogens with zero attached hydrogens (tertiary/aromatic N) is 2. The molecule has 6 nitrogen and oxygen atoms in total. The summed E-state index contributed by atoms with van der Waals surface area (Å²) in [6.07, 6.45) is 1.98. The minimum Gasteiger partial charge on any atom is -0.376 e. The quantitative estimate of drug-likeness (QED) is 0.689. The highest BCUT2D eigenvalue weighted by Gasteiger charge is 2.44. The van der Waals surface area contributed by atoms with Crippen LogP contribution in [0, 0.1) is 11.8 Å². The fourth-order valence-electron chi connectivity index (χ4n) is 3.53. The number of hydrogen-bond donors (Lipinski definition) is 0. The van der Waals surface area contributed by atoms with Gasteiger partial charge in [0.05, 0.1) is 26.3 Å². The van der Waals surface area contributed by atoms with E-state index in [4.69, 9.17) is 9.47 Å². The molecule has 0 N–H and O–H groups in total. The Morgan fingerprint density at radius 3 is 2.76 bits per heavy atom. The van der Waals surface area contributed by atoms with Gasteiger partial charge in [-0.25, -0.2) is 0 Å². The number of rotatable bonds is 1. The Bertz CT molecular complexity index is 435. The lowest BCUT2D eigenvalue weighted by Crippen LogP contribution is -2.60. The van der Waals surface area contributed by atoms with E-state index in [-0.39, 0.29) is 24.3 Å². The molecular weight excluding hydrogens is 272 g/mol. The van der Waals surface area contributed by atoms with Crippen LogP contribution in [-0.2, 0) is 19.1 Å². The normalized spacial score (nSPS) is 37.3. The second-order valence-corrected chi connectivity index (χ2v) is 6.81. The van der Waals surface area contributed by atoms with Crippen LogP contribution in [0.4, 0.5) is 0 Å². The van der Waals surface area contributed by atoms with Crippen LogP contribution in [0.2, 0.25) is 0 Å². The molecule has 0 radical (unpaired) electrons. The number of carbonyl (C=O) groups is 2. The van der Waals surface area contributed by atoms with E-state index >= 15 is 0 Å². The van der Waals surface area contributed by atoms with Crippen LogP contribution in [-0.4, -0.2) is 73.7 Å². The van der Waals surface area contributed by atoms with Gasteiger partial charge in [0.2, 0.25) is 11.8 Å². The third-order valence-electron chi connectivity index (χ3n) is 4.84. The molecule has 1 spiro atoms. The first-order valence-electron chi connectivity index (χ1n) is 7.73. The van der Waals surface area contributed by atoms with Gasteiger partial charge in [-0.05, 0) is 18.8 Å². The molecule has 2 aliphatic heterocycles. The average molecular weight is 296 g/mol. The number of morpholine rings is 1. The van der Waals surface area contributed by atoms with E-state index in [1.165, 1.54) is 0 Å². The van der Waals surface area contributed by atoms with Crippen molar-refractivity contribution >= 4 is 11.8 Å².